The summed E-state index contributed by atoms with van der Waals surface area (Å²) in [6.07, 6.45) is 7.18. The molecule has 0 aromatic heterocycles. The van der Waals surface area contributed by atoms with Crippen molar-refractivity contribution in [1.82, 2.24) is 0 Å². The van der Waals surface area contributed by atoms with E-state index in [1.807, 2.05) is 6.26 Å². The molecule has 0 saturated carbocycles. The lowest BCUT2D eigenvalue weighted by molar-refractivity contribution is -0.145. The van der Waals surface area contributed by atoms with Crippen LogP contribution in [0.3, 0.4) is 0 Å². The average Bonchev–Trinajstić information content (AvgIpc) is 2.12. The number of hydrogen-bond donors (Lipinski definition) is 0. The minimum Gasteiger partial charge on any atom is -0.494 e. The maximum absolute atomic E-state index is 5.86. The minimum absolute atomic E-state index is 0.0417. The van der Waals surface area contributed by atoms with E-state index in [1.54, 1.807) is 0 Å². The zero-order chi connectivity index (χ0) is 9.36. The lowest BCUT2D eigenvalue weighted by Crippen LogP contribution is -2.51. The van der Waals surface area contributed by atoms with Crippen LogP contribution in [0.25, 0.3) is 0 Å². The van der Waals surface area contributed by atoms with Crippen LogP contribution in [-0.2, 0) is 9.47 Å². The summed E-state index contributed by atoms with van der Waals surface area (Å²) in [5, 5.41) is 0. The molecule has 0 aliphatic carbocycles. The van der Waals surface area contributed by atoms with Crippen molar-refractivity contribution in [3.05, 3.63) is 12.3 Å². The lowest BCUT2D eigenvalue weighted by Gasteiger charge is -2.49. The van der Waals surface area contributed by atoms with Crippen molar-refractivity contribution >= 4 is 0 Å². The molecular formula is C11H18O2. The predicted octanol–water partition coefficient (Wildman–Crippen LogP) is 2.50. The first-order valence-corrected chi connectivity index (χ1v) is 5.07. The van der Waals surface area contributed by atoms with Crippen molar-refractivity contribution in [1.29, 1.82) is 0 Å². The van der Waals surface area contributed by atoms with Crippen LogP contribution >= 0.6 is 0 Å². The summed E-state index contributed by atoms with van der Waals surface area (Å²) in [7, 11) is 0. The summed E-state index contributed by atoms with van der Waals surface area (Å²) in [4.78, 5) is 0. The van der Waals surface area contributed by atoms with Crippen LogP contribution in [0.1, 0.15) is 33.1 Å². The quantitative estimate of drug-likeness (QED) is 0.573. The number of ether oxygens (including phenoxy) is 2. The van der Waals surface area contributed by atoms with Gasteiger partial charge in [0.1, 0.15) is 5.60 Å². The zero-order valence-electron chi connectivity index (χ0n) is 8.51. The van der Waals surface area contributed by atoms with Crippen LogP contribution in [0.5, 0.6) is 0 Å². The topological polar surface area (TPSA) is 18.5 Å². The van der Waals surface area contributed by atoms with Crippen LogP contribution in [0.15, 0.2) is 12.3 Å². The maximum Gasteiger partial charge on any atom is 0.118 e. The summed E-state index contributed by atoms with van der Waals surface area (Å²) in [6, 6.07) is 0. The van der Waals surface area contributed by atoms with Gasteiger partial charge in [0.2, 0.25) is 0 Å². The highest BCUT2D eigenvalue weighted by Gasteiger charge is 2.48. The van der Waals surface area contributed by atoms with E-state index in [4.69, 9.17) is 9.47 Å². The van der Waals surface area contributed by atoms with Gasteiger partial charge in [-0.15, -0.1) is 0 Å². The Labute approximate surface area is 79.9 Å². The maximum atomic E-state index is 5.86. The smallest absolute Gasteiger partial charge is 0.118 e. The molecule has 0 aromatic rings. The fourth-order valence-electron chi connectivity index (χ4n) is 2.36. The second kappa shape index (κ2) is 3.02. The summed E-state index contributed by atoms with van der Waals surface area (Å²) in [5.74, 6) is 0. The third-order valence-electron chi connectivity index (χ3n) is 3.55. The molecule has 0 amide bonds. The highest BCUT2D eigenvalue weighted by molar-refractivity contribution is 5.04. The monoisotopic (exact) mass is 182 g/mol. The molecule has 0 bridgehead atoms. The van der Waals surface area contributed by atoms with E-state index in [1.165, 1.54) is 0 Å². The van der Waals surface area contributed by atoms with E-state index >= 15 is 0 Å². The molecule has 2 aliphatic heterocycles. The highest BCUT2D eigenvalue weighted by atomic mass is 16.5. The van der Waals surface area contributed by atoms with E-state index < -0.39 is 0 Å². The summed E-state index contributed by atoms with van der Waals surface area (Å²) in [6.45, 7) is 6.28. The van der Waals surface area contributed by atoms with E-state index in [2.05, 4.69) is 19.9 Å². The number of rotatable bonds is 0. The summed E-state index contributed by atoms with van der Waals surface area (Å²) >= 11 is 0. The Hall–Kier alpha value is -0.500. The third kappa shape index (κ3) is 1.37. The summed E-state index contributed by atoms with van der Waals surface area (Å²) < 4.78 is 11.2. The SMILES string of the molecule is CC1(C)CC=COC12CCOCC2. The van der Waals surface area contributed by atoms with Crippen molar-refractivity contribution in [2.24, 2.45) is 5.41 Å². The van der Waals surface area contributed by atoms with Gasteiger partial charge < -0.3 is 9.47 Å². The van der Waals surface area contributed by atoms with E-state index in [0.717, 1.165) is 32.5 Å². The molecule has 2 heterocycles. The Morgan fingerprint density at radius 1 is 1.15 bits per heavy atom. The van der Waals surface area contributed by atoms with Crippen LogP contribution in [0.4, 0.5) is 0 Å². The standard InChI is InChI=1S/C11H18O2/c1-10(2)4-3-7-13-11(10)5-8-12-9-6-11/h3,7H,4-6,8-9H2,1-2H3. The van der Waals surface area contributed by atoms with Gasteiger partial charge in [0, 0.05) is 18.3 Å². The Kier molecular flexibility index (Phi) is 2.11. The molecule has 0 radical (unpaired) electrons. The van der Waals surface area contributed by atoms with Crippen molar-refractivity contribution in [2.45, 2.75) is 38.7 Å². The molecule has 2 nitrogen and oxygen atoms in total. The van der Waals surface area contributed by atoms with Gasteiger partial charge >= 0.3 is 0 Å². The fourth-order valence-corrected chi connectivity index (χ4v) is 2.36. The van der Waals surface area contributed by atoms with Crippen molar-refractivity contribution < 1.29 is 9.47 Å². The molecule has 0 N–H and O–H groups in total. The summed E-state index contributed by atoms with van der Waals surface area (Å²) in [5.41, 5.74) is 0.297. The second-order valence-corrected chi connectivity index (χ2v) is 4.68. The fraction of sp³-hybridized carbons (Fsp3) is 0.818. The zero-order valence-corrected chi connectivity index (χ0v) is 8.51. The molecule has 74 valence electrons. The second-order valence-electron chi connectivity index (χ2n) is 4.68. The Morgan fingerprint density at radius 2 is 1.85 bits per heavy atom. The van der Waals surface area contributed by atoms with Crippen LogP contribution in [0, 0.1) is 5.41 Å². The molecule has 0 aromatic carbocycles. The van der Waals surface area contributed by atoms with Crippen molar-refractivity contribution in [2.75, 3.05) is 13.2 Å². The van der Waals surface area contributed by atoms with Gasteiger partial charge in [-0.05, 0) is 12.5 Å². The molecule has 0 atom stereocenters. The minimum atomic E-state index is 0.0417. The Bertz CT molecular complexity index is 212. The van der Waals surface area contributed by atoms with E-state index in [0.29, 0.717) is 0 Å². The molecule has 13 heavy (non-hydrogen) atoms. The first-order valence-electron chi connectivity index (χ1n) is 5.07. The van der Waals surface area contributed by atoms with Crippen molar-refractivity contribution in [3.63, 3.8) is 0 Å². The third-order valence-corrected chi connectivity index (χ3v) is 3.55. The van der Waals surface area contributed by atoms with Gasteiger partial charge in [-0.2, -0.15) is 0 Å². The van der Waals surface area contributed by atoms with E-state index in [9.17, 15) is 0 Å². The van der Waals surface area contributed by atoms with Crippen LogP contribution < -0.4 is 0 Å². The molecule has 2 heteroatoms. The van der Waals surface area contributed by atoms with Gasteiger partial charge in [-0.25, -0.2) is 0 Å². The first kappa shape index (κ1) is 9.07. The van der Waals surface area contributed by atoms with Gasteiger partial charge in [0.25, 0.3) is 0 Å². The van der Waals surface area contributed by atoms with Crippen LogP contribution in [0.2, 0.25) is 0 Å². The highest BCUT2D eigenvalue weighted by Crippen LogP contribution is 2.46. The molecule has 2 rings (SSSR count). The molecule has 1 fully saturated rings. The first-order chi connectivity index (χ1) is 6.16. The molecule has 1 spiro atoms. The lowest BCUT2D eigenvalue weighted by atomic mass is 9.67. The average molecular weight is 182 g/mol. The van der Waals surface area contributed by atoms with Crippen LogP contribution in [-0.4, -0.2) is 18.8 Å². The van der Waals surface area contributed by atoms with E-state index in [-0.39, 0.29) is 11.0 Å². The number of hydrogen-bond acceptors (Lipinski definition) is 2. The largest absolute Gasteiger partial charge is 0.494 e. The Morgan fingerprint density at radius 3 is 2.46 bits per heavy atom. The molecule has 0 unspecified atom stereocenters. The van der Waals surface area contributed by atoms with Crippen molar-refractivity contribution in [3.8, 4) is 0 Å². The van der Waals surface area contributed by atoms with Gasteiger partial charge in [-0.1, -0.05) is 13.8 Å². The molecule has 2 aliphatic rings. The normalized spacial score (nSPS) is 30.0. The molecular weight excluding hydrogens is 164 g/mol. The van der Waals surface area contributed by atoms with Gasteiger partial charge in [-0.3, -0.25) is 0 Å². The predicted molar refractivity (Wildman–Crippen MR) is 51.4 cm³/mol. The van der Waals surface area contributed by atoms with Gasteiger partial charge in [0.05, 0.1) is 19.5 Å². The van der Waals surface area contributed by atoms with Gasteiger partial charge in [0.15, 0.2) is 0 Å². The molecule has 1 saturated heterocycles. The number of allylic oxidation sites excluding steroid dienone is 1. The Balaban J connectivity index is 2.22.